The first-order valence-electron chi connectivity index (χ1n) is 6.68. The molecule has 3 rings (SSSR count). The van der Waals surface area contributed by atoms with E-state index in [0.717, 1.165) is 17.1 Å². The number of anilines is 1. The van der Waals surface area contributed by atoms with Crippen LogP contribution in [-0.2, 0) is 0 Å². The summed E-state index contributed by atoms with van der Waals surface area (Å²) in [6.45, 7) is 0. The van der Waals surface area contributed by atoms with Gasteiger partial charge in [-0.25, -0.2) is 4.98 Å². The van der Waals surface area contributed by atoms with Crippen LogP contribution in [-0.4, -0.2) is 22.9 Å². The highest BCUT2D eigenvalue weighted by molar-refractivity contribution is 6.05. The number of aromatic nitrogens is 2. The average Bonchev–Trinajstić information content (AvgIpc) is 3.09. The lowest BCUT2D eigenvalue weighted by molar-refractivity contribution is 0.0993. The van der Waals surface area contributed by atoms with E-state index in [-0.39, 0.29) is 5.91 Å². The second-order valence-corrected chi connectivity index (χ2v) is 4.71. The summed E-state index contributed by atoms with van der Waals surface area (Å²) in [5, 5.41) is 0. The molecule has 0 bridgehead atoms. The number of rotatable bonds is 3. The van der Waals surface area contributed by atoms with Gasteiger partial charge in [-0.2, -0.15) is 0 Å². The zero-order chi connectivity index (χ0) is 14.7. The molecule has 0 aliphatic rings. The van der Waals surface area contributed by atoms with E-state index < -0.39 is 0 Å². The van der Waals surface area contributed by atoms with Gasteiger partial charge in [0.25, 0.3) is 5.91 Å². The number of carbonyl (C=O) groups excluding carboxylic acids is 1. The van der Waals surface area contributed by atoms with Gasteiger partial charge >= 0.3 is 0 Å². The van der Waals surface area contributed by atoms with E-state index in [2.05, 4.69) is 9.97 Å². The predicted molar refractivity (Wildman–Crippen MR) is 83.2 cm³/mol. The summed E-state index contributed by atoms with van der Waals surface area (Å²) in [7, 11) is 1.78. The fourth-order valence-corrected chi connectivity index (χ4v) is 2.16. The number of aromatic amines is 1. The molecule has 1 aromatic heterocycles. The highest BCUT2D eigenvalue weighted by atomic mass is 16.2. The molecule has 1 heterocycles. The Hall–Kier alpha value is -2.88. The minimum Gasteiger partial charge on any atom is -0.345 e. The van der Waals surface area contributed by atoms with Crippen LogP contribution in [0, 0.1) is 0 Å². The van der Waals surface area contributed by atoms with E-state index in [1.807, 2.05) is 54.6 Å². The largest absolute Gasteiger partial charge is 0.345 e. The number of H-pyrrole nitrogens is 1. The lowest BCUT2D eigenvalue weighted by atomic mass is 10.1. The van der Waals surface area contributed by atoms with Gasteiger partial charge in [0.15, 0.2) is 0 Å². The third kappa shape index (κ3) is 2.69. The minimum atomic E-state index is -0.0350. The molecule has 0 fully saturated rings. The number of nitrogens with zero attached hydrogens (tertiary/aromatic N) is 2. The first-order chi connectivity index (χ1) is 10.3. The maximum Gasteiger partial charge on any atom is 0.258 e. The Kier molecular flexibility index (Phi) is 3.51. The number of benzene rings is 2. The standard InChI is InChI=1S/C17H15N3O/c1-20(15-5-3-2-4-6-15)17(21)14-9-7-13(8-10-14)16-18-11-12-19-16/h2-12H,1H3,(H,18,19). The van der Waals surface area contributed by atoms with E-state index in [1.165, 1.54) is 0 Å². The van der Waals surface area contributed by atoms with E-state index in [9.17, 15) is 4.79 Å². The third-order valence-electron chi connectivity index (χ3n) is 3.35. The van der Waals surface area contributed by atoms with Crippen molar-refractivity contribution in [3.63, 3.8) is 0 Å². The van der Waals surface area contributed by atoms with Gasteiger partial charge in [-0.3, -0.25) is 4.79 Å². The molecular weight excluding hydrogens is 262 g/mol. The second kappa shape index (κ2) is 5.63. The maximum absolute atomic E-state index is 12.4. The number of para-hydroxylation sites is 1. The van der Waals surface area contributed by atoms with Crippen molar-refractivity contribution in [2.45, 2.75) is 0 Å². The van der Waals surface area contributed by atoms with Crippen LogP contribution in [0.15, 0.2) is 67.0 Å². The lowest BCUT2D eigenvalue weighted by Gasteiger charge is -2.17. The summed E-state index contributed by atoms with van der Waals surface area (Å²) in [5.74, 6) is 0.762. The molecule has 104 valence electrons. The van der Waals surface area contributed by atoms with Crippen LogP contribution >= 0.6 is 0 Å². The molecule has 0 aliphatic carbocycles. The summed E-state index contributed by atoms with van der Waals surface area (Å²) in [6, 6.07) is 17.0. The van der Waals surface area contributed by atoms with Crippen molar-refractivity contribution in [3.8, 4) is 11.4 Å². The van der Waals surface area contributed by atoms with Crippen LogP contribution in [0.3, 0.4) is 0 Å². The number of carbonyl (C=O) groups is 1. The second-order valence-electron chi connectivity index (χ2n) is 4.71. The van der Waals surface area contributed by atoms with Crippen molar-refractivity contribution in [2.75, 3.05) is 11.9 Å². The van der Waals surface area contributed by atoms with Crippen LogP contribution in [0.2, 0.25) is 0 Å². The SMILES string of the molecule is CN(C(=O)c1ccc(-c2ncc[nH]2)cc1)c1ccccc1. The Balaban J connectivity index is 1.82. The van der Waals surface area contributed by atoms with Crippen LogP contribution in [0.25, 0.3) is 11.4 Å². The van der Waals surface area contributed by atoms with E-state index in [0.29, 0.717) is 5.56 Å². The van der Waals surface area contributed by atoms with Gasteiger partial charge in [0.1, 0.15) is 5.82 Å². The van der Waals surface area contributed by atoms with Crippen molar-refractivity contribution < 1.29 is 4.79 Å². The van der Waals surface area contributed by atoms with E-state index in [1.54, 1.807) is 24.3 Å². The summed E-state index contributed by atoms with van der Waals surface area (Å²) in [6.07, 6.45) is 3.48. The van der Waals surface area contributed by atoms with Crippen LogP contribution in [0.1, 0.15) is 10.4 Å². The molecule has 0 radical (unpaired) electrons. The Bertz CT molecular complexity index is 718. The van der Waals surface area contributed by atoms with Gasteiger partial charge in [-0.15, -0.1) is 0 Å². The normalized spacial score (nSPS) is 10.3. The predicted octanol–water partition coefficient (Wildman–Crippen LogP) is 3.35. The van der Waals surface area contributed by atoms with Crippen LogP contribution < -0.4 is 4.90 Å². The zero-order valence-corrected chi connectivity index (χ0v) is 11.7. The first-order valence-corrected chi connectivity index (χ1v) is 6.68. The van der Waals surface area contributed by atoms with Crippen molar-refractivity contribution in [3.05, 3.63) is 72.6 Å². The molecule has 4 heteroatoms. The van der Waals surface area contributed by atoms with Gasteiger partial charge in [-0.1, -0.05) is 30.3 Å². The quantitative estimate of drug-likeness (QED) is 0.798. The van der Waals surface area contributed by atoms with Gasteiger partial charge in [0.05, 0.1) is 0 Å². The zero-order valence-electron chi connectivity index (χ0n) is 11.7. The summed E-state index contributed by atoms with van der Waals surface area (Å²) in [4.78, 5) is 21.3. The number of hydrogen-bond donors (Lipinski definition) is 1. The molecule has 1 amide bonds. The smallest absolute Gasteiger partial charge is 0.258 e. The van der Waals surface area contributed by atoms with E-state index in [4.69, 9.17) is 0 Å². The van der Waals surface area contributed by atoms with Crippen LogP contribution in [0.5, 0.6) is 0 Å². The van der Waals surface area contributed by atoms with Gasteiger partial charge in [0.2, 0.25) is 0 Å². The molecule has 0 spiro atoms. The first kappa shape index (κ1) is 13.1. The minimum absolute atomic E-state index is 0.0350. The van der Waals surface area contributed by atoms with Crippen molar-refractivity contribution >= 4 is 11.6 Å². The molecule has 4 nitrogen and oxygen atoms in total. The topological polar surface area (TPSA) is 49.0 Å². The Morgan fingerprint density at radius 1 is 1.05 bits per heavy atom. The summed E-state index contributed by atoms with van der Waals surface area (Å²) >= 11 is 0. The number of imidazole rings is 1. The molecule has 3 aromatic rings. The highest BCUT2D eigenvalue weighted by Gasteiger charge is 2.13. The Labute approximate surface area is 123 Å². The molecule has 0 saturated carbocycles. The molecule has 0 atom stereocenters. The molecule has 0 saturated heterocycles. The van der Waals surface area contributed by atoms with Gasteiger partial charge < -0.3 is 9.88 Å². The van der Waals surface area contributed by atoms with Crippen molar-refractivity contribution in [1.29, 1.82) is 0 Å². The average molecular weight is 277 g/mol. The van der Waals surface area contributed by atoms with Crippen molar-refractivity contribution in [2.24, 2.45) is 0 Å². The maximum atomic E-state index is 12.4. The van der Waals surface area contributed by atoms with Gasteiger partial charge in [0, 0.05) is 36.3 Å². The number of amides is 1. The Morgan fingerprint density at radius 2 is 1.76 bits per heavy atom. The third-order valence-corrected chi connectivity index (χ3v) is 3.35. The molecule has 21 heavy (non-hydrogen) atoms. The molecule has 2 aromatic carbocycles. The fourth-order valence-electron chi connectivity index (χ4n) is 2.16. The van der Waals surface area contributed by atoms with Crippen molar-refractivity contribution in [1.82, 2.24) is 9.97 Å². The highest BCUT2D eigenvalue weighted by Crippen LogP contribution is 2.18. The molecule has 0 aliphatic heterocycles. The van der Waals surface area contributed by atoms with Crippen LogP contribution in [0.4, 0.5) is 5.69 Å². The van der Waals surface area contributed by atoms with Gasteiger partial charge in [-0.05, 0) is 24.3 Å². The molecular formula is C17H15N3O. The molecule has 1 N–H and O–H groups in total. The number of hydrogen-bond acceptors (Lipinski definition) is 2. The molecule has 0 unspecified atom stereocenters. The lowest BCUT2D eigenvalue weighted by Crippen LogP contribution is -2.25. The monoisotopic (exact) mass is 277 g/mol. The Morgan fingerprint density at radius 3 is 2.38 bits per heavy atom. The summed E-state index contributed by atoms with van der Waals surface area (Å²) in [5.41, 5.74) is 2.48. The summed E-state index contributed by atoms with van der Waals surface area (Å²) < 4.78 is 0. The van der Waals surface area contributed by atoms with E-state index >= 15 is 0 Å². The fraction of sp³-hybridized carbons (Fsp3) is 0.0588. The number of nitrogens with one attached hydrogen (secondary N) is 1.